The number of H-pyrrole nitrogens is 2. The Bertz CT molecular complexity index is 2480. The Morgan fingerprint density at radius 2 is 1.29 bits per heavy atom. The Morgan fingerprint density at radius 3 is 1.96 bits per heavy atom. The molecule has 212 valence electrons. The van der Waals surface area contributed by atoms with Crippen LogP contribution in [0.15, 0.2) is 103 Å². The summed E-state index contributed by atoms with van der Waals surface area (Å²) in [5, 5.41) is 15.0. The lowest BCUT2D eigenvalue weighted by atomic mass is 10.0. The van der Waals surface area contributed by atoms with Crippen LogP contribution in [0.1, 0.15) is 15.6 Å². The van der Waals surface area contributed by atoms with E-state index in [4.69, 9.17) is 16.5 Å². The molecule has 2 N–H and O–H groups in total. The quantitative estimate of drug-likeness (QED) is 0.196. The van der Waals surface area contributed by atoms with Crippen molar-refractivity contribution in [1.29, 1.82) is 5.26 Å². The van der Waals surface area contributed by atoms with Crippen LogP contribution in [0.3, 0.4) is 0 Å². The number of nitriles is 1. The Hall–Kier alpha value is -5.80. The van der Waals surface area contributed by atoms with Gasteiger partial charge in [0.2, 0.25) is 5.70 Å². The zero-order valence-corrected chi connectivity index (χ0v) is 25.6. The van der Waals surface area contributed by atoms with E-state index in [0.717, 1.165) is 59.3 Å². The SMILES string of the molecule is [C-]#[N+]/C(c1nc2ccccc2s1)=c1/[nH]c(-c2cccc(C)c2)c2/c(=C(\C#N)c3nc4ccccc4s3)[nH]c(-c3ccccc3)c12. The third-order valence-corrected chi connectivity index (χ3v) is 9.93. The second-order valence-electron chi connectivity index (χ2n) is 10.7. The molecule has 4 aromatic heterocycles. The van der Waals surface area contributed by atoms with E-state index < -0.39 is 0 Å². The lowest BCUT2D eigenvalue weighted by Crippen LogP contribution is -2.10. The topological polar surface area (TPSA) is 85.5 Å². The van der Waals surface area contributed by atoms with E-state index in [-0.39, 0.29) is 0 Å². The first-order valence-electron chi connectivity index (χ1n) is 14.3. The van der Waals surface area contributed by atoms with Crippen molar-refractivity contribution in [3.05, 3.63) is 141 Å². The predicted octanol–water partition coefficient (Wildman–Crippen LogP) is 8.16. The minimum atomic E-state index is 0.432. The number of thiazole rings is 2. The van der Waals surface area contributed by atoms with E-state index in [0.29, 0.717) is 32.0 Å². The van der Waals surface area contributed by atoms with E-state index in [1.54, 1.807) is 0 Å². The number of benzene rings is 4. The Balaban J connectivity index is 1.59. The Morgan fingerprint density at radius 1 is 0.711 bits per heavy atom. The van der Waals surface area contributed by atoms with Gasteiger partial charge in [0.1, 0.15) is 21.7 Å². The molecule has 0 spiro atoms. The molecule has 0 saturated carbocycles. The highest BCUT2D eigenvalue weighted by molar-refractivity contribution is 7.20. The summed E-state index contributed by atoms with van der Waals surface area (Å²) in [6, 6.07) is 36.6. The fraction of sp³-hybridized carbons (Fsp3) is 0.0270. The highest BCUT2D eigenvalue weighted by Crippen LogP contribution is 2.34. The summed E-state index contributed by atoms with van der Waals surface area (Å²) in [5.74, 6) is 0. The van der Waals surface area contributed by atoms with Crippen LogP contribution in [-0.2, 0) is 0 Å². The minimum Gasteiger partial charge on any atom is -0.363 e. The van der Waals surface area contributed by atoms with Gasteiger partial charge in [-0.05, 0) is 48.4 Å². The molecule has 0 aliphatic carbocycles. The molecule has 0 aliphatic heterocycles. The summed E-state index contributed by atoms with van der Waals surface area (Å²) in [6.07, 6.45) is 0. The molecule has 0 bridgehead atoms. The Kier molecular flexibility index (Phi) is 6.39. The van der Waals surface area contributed by atoms with Gasteiger partial charge in [0, 0.05) is 10.8 Å². The van der Waals surface area contributed by atoms with Gasteiger partial charge in [-0.3, -0.25) is 0 Å². The lowest BCUT2D eigenvalue weighted by molar-refractivity contribution is 1.27. The van der Waals surface area contributed by atoms with Gasteiger partial charge < -0.3 is 9.97 Å². The van der Waals surface area contributed by atoms with E-state index in [1.165, 1.54) is 22.7 Å². The van der Waals surface area contributed by atoms with Crippen LogP contribution >= 0.6 is 22.7 Å². The zero-order valence-electron chi connectivity index (χ0n) is 23.9. The highest BCUT2D eigenvalue weighted by Gasteiger charge is 2.24. The summed E-state index contributed by atoms with van der Waals surface area (Å²) in [4.78, 5) is 21.1. The number of para-hydroxylation sites is 2. The molecule has 8 heteroatoms. The van der Waals surface area contributed by atoms with Crippen molar-refractivity contribution in [3.8, 4) is 28.6 Å². The second kappa shape index (κ2) is 10.7. The van der Waals surface area contributed by atoms with Gasteiger partial charge in [0.15, 0.2) is 0 Å². The van der Waals surface area contributed by atoms with Gasteiger partial charge in [-0.2, -0.15) is 5.26 Å². The van der Waals surface area contributed by atoms with Gasteiger partial charge in [0.05, 0.1) is 49.1 Å². The predicted molar refractivity (Wildman–Crippen MR) is 184 cm³/mol. The van der Waals surface area contributed by atoms with E-state index in [1.807, 2.05) is 84.9 Å². The van der Waals surface area contributed by atoms with Crippen LogP contribution in [0.5, 0.6) is 0 Å². The summed E-state index contributed by atoms with van der Waals surface area (Å²) < 4.78 is 2.03. The van der Waals surface area contributed by atoms with Crippen molar-refractivity contribution in [3.63, 3.8) is 0 Å². The van der Waals surface area contributed by atoms with Gasteiger partial charge in [-0.15, -0.1) is 22.7 Å². The molecule has 4 aromatic carbocycles. The first-order valence-corrected chi connectivity index (χ1v) is 15.9. The highest BCUT2D eigenvalue weighted by atomic mass is 32.1. The monoisotopic (exact) mass is 614 g/mol. The molecule has 0 saturated heterocycles. The average molecular weight is 615 g/mol. The molecule has 0 amide bonds. The minimum absolute atomic E-state index is 0.432. The van der Waals surface area contributed by atoms with Crippen molar-refractivity contribution in [2.24, 2.45) is 0 Å². The number of aromatic amines is 2. The molecule has 0 aliphatic rings. The largest absolute Gasteiger partial charge is 0.363 e. The van der Waals surface area contributed by atoms with E-state index in [9.17, 15) is 5.26 Å². The fourth-order valence-electron chi connectivity index (χ4n) is 5.83. The number of rotatable bonds is 4. The zero-order chi connectivity index (χ0) is 30.5. The van der Waals surface area contributed by atoms with Crippen molar-refractivity contribution < 1.29 is 0 Å². The molecule has 8 rings (SSSR count). The molecule has 45 heavy (non-hydrogen) atoms. The first kappa shape index (κ1) is 26.8. The van der Waals surface area contributed by atoms with Crippen LogP contribution in [-0.4, -0.2) is 19.9 Å². The van der Waals surface area contributed by atoms with Crippen LogP contribution in [0.25, 0.3) is 69.8 Å². The summed E-state index contributed by atoms with van der Waals surface area (Å²) >= 11 is 3.00. The van der Waals surface area contributed by atoms with Crippen molar-refractivity contribution in [2.45, 2.75) is 6.92 Å². The third-order valence-electron chi connectivity index (χ3n) is 7.83. The lowest BCUT2D eigenvalue weighted by Gasteiger charge is -2.02. The standard InChI is InChI=1S/C37H22N6S2/c1-21-11-10-14-23(19-21)32-29-30(34(43-32)35(39-2)37-41-26-16-7-9-18-28(26)45-37)31(22-12-4-3-5-13-22)42-33(29)24(20-38)36-40-25-15-6-8-17-27(25)44-36/h3-19,42-43H,1H3/b33-24-,35-34+. The summed E-state index contributed by atoms with van der Waals surface area (Å²) in [6.45, 7) is 10.4. The molecule has 8 aromatic rings. The summed E-state index contributed by atoms with van der Waals surface area (Å²) in [5.41, 5.74) is 7.25. The summed E-state index contributed by atoms with van der Waals surface area (Å²) in [7, 11) is 0. The Labute approximate surface area is 265 Å². The fourth-order valence-corrected chi connectivity index (χ4v) is 7.76. The molecule has 6 nitrogen and oxygen atoms in total. The number of nitrogens with zero attached hydrogens (tertiary/aromatic N) is 4. The molecule has 0 radical (unpaired) electrons. The molecule has 0 unspecified atom stereocenters. The van der Waals surface area contributed by atoms with Gasteiger partial charge >= 0.3 is 0 Å². The molecular weight excluding hydrogens is 593 g/mol. The maximum Gasteiger partial charge on any atom is 0.245 e. The number of aryl methyl sites for hydroxylation is 1. The van der Waals surface area contributed by atoms with E-state index >= 15 is 0 Å². The van der Waals surface area contributed by atoms with Crippen LogP contribution in [0.2, 0.25) is 0 Å². The number of fused-ring (bicyclic) bond motifs is 3. The third kappa shape index (κ3) is 4.44. The van der Waals surface area contributed by atoms with Gasteiger partial charge in [0.25, 0.3) is 0 Å². The normalized spacial score (nSPS) is 12.8. The average Bonchev–Trinajstić information content (AvgIpc) is 3.85. The van der Waals surface area contributed by atoms with E-state index in [2.05, 4.69) is 46.0 Å². The van der Waals surface area contributed by atoms with Crippen LogP contribution in [0, 0.1) is 24.8 Å². The van der Waals surface area contributed by atoms with Crippen LogP contribution in [0.4, 0.5) is 0 Å². The maximum atomic E-state index is 10.7. The van der Waals surface area contributed by atoms with Gasteiger partial charge in [-0.25, -0.2) is 14.8 Å². The molecular formula is C37H22N6S2. The van der Waals surface area contributed by atoms with Gasteiger partial charge in [-0.1, -0.05) is 78.4 Å². The van der Waals surface area contributed by atoms with Crippen molar-refractivity contribution >= 4 is 65.1 Å². The smallest absolute Gasteiger partial charge is 0.245 e. The molecule has 0 atom stereocenters. The number of hydrogen-bond donors (Lipinski definition) is 2. The molecule has 4 heterocycles. The molecule has 0 fully saturated rings. The van der Waals surface area contributed by atoms with Crippen molar-refractivity contribution in [1.82, 2.24) is 19.9 Å². The van der Waals surface area contributed by atoms with Crippen LogP contribution < -0.4 is 10.7 Å². The second-order valence-corrected chi connectivity index (χ2v) is 12.7. The van der Waals surface area contributed by atoms with Crippen molar-refractivity contribution in [2.75, 3.05) is 0 Å². The maximum absolute atomic E-state index is 10.7. The number of nitrogens with one attached hydrogen (secondary N) is 2. The number of aromatic nitrogens is 4. The number of hydrogen-bond acceptors (Lipinski definition) is 5. The first-order chi connectivity index (χ1) is 22.1.